The summed E-state index contributed by atoms with van der Waals surface area (Å²) in [4.78, 5) is 0. The van der Waals surface area contributed by atoms with Gasteiger partial charge in [0, 0.05) is 13.2 Å². The van der Waals surface area contributed by atoms with Crippen LogP contribution in [-0.2, 0) is 11.2 Å². The van der Waals surface area contributed by atoms with Crippen LogP contribution in [0.3, 0.4) is 0 Å². The molecule has 0 aliphatic rings. The molecule has 1 aromatic rings. The van der Waals surface area contributed by atoms with Crippen molar-refractivity contribution in [2.75, 3.05) is 13.7 Å². The molecule has 0 aliphatic carbocycles. The summed E-state index contributed by atoms with van der Waals surface area (Å²) in [6, 6.07) is 4.56. The molecule has 0 spiro atoms. The van der Waals surface area contributed by atoms with E-state index in [1.165, 1.54) is 12.1 Å². The lowest BCUT2D eigenvalue weighted by atomic mass is 10.0. The quantitative estimate of drug-likeness (QED) is 0.814. The minimum Gasteiger partial charge on any atom is -0.491 e. The van der Waals surface area contributed by atoms with E-state index in [1.54, 1.807) is 13.2 Å². The third-order valence-electron chi connectivity index (χ3n) is 2.90. The van der Waals surface area contributed by atoms with Crippen LogP contribution >= 0.6 is 0 Å². The maximum absolute atomic E-state index is 13.2. The minimum atomic E-state index is -0.263. The van der Waals surface area contributed by atoms with E-state index in [0.29, 0.717) is 18.8 Å². The molecule has 3 nitrogen and oxygen atoms in total. The molecule has 0 radical (unpaired) electrons. The zero-order valence-corrected chi connectivity index (χ0v) is 11.3. The van der Waals surface area contributed by atoms with Crippen molar-refractivity contribution in [3.05, 3.63) is 29.6 Å². The number of methoxy groups -OCH3 is 1. The Morgan fingerprint density at radius 1 is 1.39 bits per heavy atom. The second-order valence-corrected chi connectivity index (χ2v) is 4.48. The highest BCUT2D eigenvalue weighted by molar-refractivity contribution is 5.34. The summed E-state index contributed by atoms with van der Waals surface area (Å²) in [6.07, 6.45) is 1.47. The smallest absolute Gasteiger partial charge is 0.123 e. The van der Waals surface area contributed by atoms with Crippen molar-refractivity contribution in [3.8, 4) is 5.75 Å². The van der Waals surface area contributed by atoms with Gasteiger partial charge in [0.05, 0.1) is 6.10 Å². The van der Waals surface area contributed by atoms with Crippen LogP contribution < -0.4 is 10.5 Å². The van der Waals surface area contributed by atoms with Crippen LogP contribution in [0.2, 0.25) is 0 Å². The van der Waals surface area contributed by atoms with Gasteiger partial charge in [0.25, 0.3) is 0 Å². The Labute approximate surface area is 108 Å². The van der Waals surface area contributed by atoms with Crippen molar-refractivity contribution in [1.82, 2.24) is 0 Å². The van der Waals surface area contributed by atoms with E-state index in [9.17, 15) is 4.39 Å². The summed E-state index contributed by atoms with van der Waals surface area (Å²) < 4.78 is 24.0. The van der Waals surface area contributed by atoms with Crippen LogP contribution in [0.1, 0.15) is 25.8 Å². The van der Waals surface area contributed by atoms with Gasteiger partial charge in [0.1, 0.15) is 18.2 Å². The lowest BCUT2D eigenvalue weighted by molar-refractivity contribution is 0.0712. The first-order chi connectivity index (χ1) is 8.56. The first kappa shape index (κ1) is 14.9. The number of halogens is 1. The van der Waals surface area contributed by atoms with E-state index in [0.717, 1.165) is 12.0 Å². The molecule has 0 heterocycles. The average molecular weight is 255 g/mol. The van der Waals surface area contributed by atoms with Crippen LogP contribution in [-0.4, -0.2) is 25.9 Å². The van der Waals surface area contributed by atoms with Gasteiger partial charge < -0.3 is 15.2 Å². The van der Waals surface area contributed by atoms with E-state index < -0.39 is 0 Å². The predicted octanol–water partition coefficient (Wildman–Crippen LogP) is 2.52. The monoisotopic (exact) mass is 255 g/mol. The third-order valence-corrected chi connectivity index (χ3v) is 2.90. The Bertz CT molecular complexity index is 371. The highest BCUT2D eigenvalue weighted by atomic mass is 19.1. The molecule has 1 aromatic carbocycles. The molecule has 2 unspecified atom stereocenters. The topological polar surface area (TPSA) is 44.5 Å². The molecule has 102 valence electrons. The Morgan fingerprint density at radius 3 is 2.72 bits per heavy atom. The maximum atomic E-state index is 13.2. The Morgan fingerprint density at radius 2 is 2.11 bits per heavy atom. The standard InChI is InChI=1S/C14H22FNO2/c1-4-13(16)8-11-7-12(15)5-6-14(11)18-9-10(2)17-3/h5-7,10,13H,4,8-9,16H2,1-3H3. The van der Waals surface area contributed by atoms with E-state index in [-0.39, 0.29) is 18.0 Å². The summed E-state index contributed by atoms with van der Waals surface area (Å²) in [5.74, 6) is 0.421. The SMILES string of the molecule is CCC(N)Cc1cc(F)ccc1OCC(C)OC. The molecular weight excluding hydrogens is 233 g/mol. The summed E-state index contributed by atoms with van der Waals surface area (Å²) in [6.45, 7) is 4.37. The second kappa shape index (κ2) is 7.34. The van der Waals surface area contributed by atoms with Crippen molar-refractivity contribution < 1.29 is 13.9 Å². The number of hydrogen-bond donors (Lipinski definition) is 1. The molecular formula is C14H22FNO2. The first-order valence-corrected chi connectivity index (χ1v) is 6.26. The summed E-state index contributed by atoms with van der Waals surface area (Å²) in [5.41, 5.74) is 6.72. The van der Waals surface area contributed by atoms with Crippen molar-refractivity contribution in [2.24, 2.45) is 5.73 Å². The van der Waals surface area contributed by atoms with Crippen molar-refractivity contribution in [3.63, 3.8) is 0 Å². The van der Waals surface area contributed by atoms with Gasteiger partial charge in [-0.2, -0.15) is 0 Å². The van der Waals surface area contributed by atoms with Crippen molar-refractivity contribution in [1.29, 1.82) is 0 Å². The van der Waals surface area contributed by atoms with Gasteiger partial charge >= 0.3 is 0 Å². The van der Waals surface area contributed by atoms with Gasteiger partial charge in [-0.3, -0.25) is 0 Å². The zero-order valence-electron chi connectivity index (χ0n) is 11.3. The van der Waals surface area contributed by atoms with Crippen molar-refractivity contribution >= 4 is 0 Å². The summed E-state index contributed by atoms with van der Waals surface area (Å²) in [7, 11) is 1.63. The fourth-order valence-electron chi connectivity index (χ4n) is 1.55. The zero-order chi connectivity index (χ0) is 13.5. The molecule has 4 heteroatoms. The lowest BCUT2D eigenvalue weighted by Crippen LogP contribution is -2.22. The second-order valence-electron chi connectivity index (χ2n) is 4.48. The fraction of sp³-hybridized carbons (Fsp3) is 0.571. The maximum Gasteiger partial charge on any atom is 0.123 e. The van der Waals surface area contributed by atoms with Gasteiger partial charge in [-0.25, -0.2) is 4.39 Å². The largest absolute Gasteiger partial charge is 0.491 e. The number of nitrogens with two attached hydrogens (primary N) is 1. The van der Waals surface area contributed by atoms with Crippen LogP contribution in [0.15, 0.2) is 18.2 Å². The fourth-order valence-corrected chi connectivity index (χ4v) is 1.55. The summed E-state index contributed by atoms with van der Waals surface area (Å²) in [5, 5.41) is 0. The molecule has 18 heavy (non-hydrogen) atoms. The molecule has 2 N–H and O–H groups in total. The lowest BCUT2D eigenvalue weighted by Gasteiger charge is -2.16. The third kappa shape index (κ3) is 4.63. The molecule has 0 saturated heterocycles. The molecule has 0 fully saturated rings. The first-order valence-electron chi connectivity index (χ1n) is 6.26. The number of benzene rings is 1. The minimum absolute atomic E-state index is 0.00255. The number of ether oxygens (including phenoxy) is 2. The molecule has 0 bridgehead atoms. The normalized spacial score (nSPS) is 14.3. The molecule has 0 amide bonds. The number of hydrogen-bond acceptors (Lipinski definition) is 3. The van der Waals surface area contributed by atoms with Crippen LogP contribution in [0.25, 0.3) is 0 Å². The van der Waals surface area contributed by atoms with E-state index in [4.69, 9.17) is 15.2 Å². The predicted molar refractivity (Wildman–Crippen MR) is 70.3 cm³/mol. The molecule has 0 aliphatic heterocycles. The van der Waals surface area contributed by atoms with Crippen LogP contribution in [0.5, 0.6) is 5.75 Å². The Balaban J connectivity index is 2.76. The van der Waals surface area contributed by atoms with E-state index in [2.05, 4.69) is 0 Å². The highest BCUT2D eigenvalue weighted by Gasteiger charge is 2.10. The molecule has 2 atom stereocenters. The van der Waals surface area contributed by atoms with Crippen LogP contribution in [0, 0.1) is 5.82 Å². The highest BCUT2D eigenvalue weighted by Crippen LogP contribution is 2.22. The Kier molecular flexibility index (Phi) is 6.09. The van der Waals surface area contributed by atoms with Crippen molar-refractivity contribution in [2.45, 2.75) is 38.8 Å². The van der Waals surface area contributed by atoms with E-state index >= 15 is 0 Å². The molecule has 0 aromatic heterocycles. The van der Waals surface area contributed by atoms with Gasteiger partial charge in [-0.15, -0.1) is 0 Å². The van der Waals surface area contributed by atoms with Crippen LogP contribution in [0.4, 0.5) is 4.39 Å². The van der Waals surface area contributed by atoms with Gasteiger partial charge in [0.15, 0.2) is 0 Å². The molecule has 0 saturated carbocycles. The van der Waals surface area contributed by atoms with Gasteiger partial charge in [0.2, 0.25) is 0 Å². The van der Waals surface area contributed by atoms with E-state index in [1.807, 2.05) is 13.8 Å². The number of rotatable bonds is 7. The summed E-state index contributed by atoms with van der Waals surface area (Å²) >= 11 is 0. The average Bonchev–Trinajstić information content (AvgIpc) is 2.37. The Hall–Kier alpha value is -1.13. The van der Waals surface area contributed by atoms with Gasteiger partial charge in [-0.1, -0.05) is 6.92 Å². The molecule has 1 rings (SSSR count). The van der Waals surface area contributed by atoms with Gasteiger partial charge in [-0.05, 0) is 43.5 Å².